The summed E-state index contributed by atoms with van der Waals surface area (Å²) in [6.07, 6.45) is 6.90. The van der Waals surface area contributed by atoms with E-state index in [9.17, 15) is 0 Å². The van der Waals surface area contributed by atoms with Crippen LogP contribution in [0.1, 0.15) is 40.7 Å². The average molecular weight is 336 g/mol. The molecule has 1 unspecified atom stereocenters. The summed E-state index contributed by atoms with van der Waals surface area (Å²) >= 11 is 0. The average Bonchev–Trinajstić information content (AvgIpc) is 2.69. The summed E-state index contributed by atoms with van der Waals surface area (Å²) in [7, 11) is 0. The molecule has 0 spiro atoms. The van der Waals surface area contributed by atoms with Crippen LogP contribution in [0.5, 0.6) is 0 Å². The molecular formula is C26H24. The molecule has 0 aliphatic heterocycles. The third kappa shape index (κ3) is 2.61. The van der Waals surface area contributed by atoms with Gasteiger partial charge in [-0.25, -0.2) is 0 Å². The number of allylic oxidation sites excluding steroid dienone is 2. The predicted octanol–water partition coefficient (Wildman–Crippen LogP) is 6.28. The molecule has 3 aromatic carbocycles. The maximum Gasteiger partial charge on any atom is -0.00640 e. The van der Waals surface area contributed by atoms with Crippen LogP contribution in [0.25, 0.3) is 11.1 Å². The quantitative estimate of drug-likeness (QED) is 0.483. The minimum Gasteiger partial charge on any atom is -0.0809 e. The van der Waals surface area contributed by atoms with Gasteiger partial charge in [0, 0.05) is 0 Å². The van der Waals surface area contributed by atoms with E-state index in [4.69, 9.17) is 0 Å². The lowest BCUT2D eigenvalue weighted by atomic mass is 9.72. The third-order valence-corrected chi connectivity index (χ3v) is 6.12. The van der Waals surface area contributed by atoms with Gasteiger partial charge in [0.1, 0.15) is 0 Å². The molecule has 128 valence electrons. The van der Waals surface area contributed by atoms with Gasteiger partial charge in [0.25, 0.3) is 0 Å². The Balaban J connectivity index is 1.63. The lowest BCUT2D eigenvalue weighted by Gasteiger charge is -2.31. The lowest BCUT2D eigenvalue weighted by Crippen LogP contribution is -2.17. The first-order valence-corrected chi connectivity index (χ1v) is 9.72. The molecule has 0 amide bonds. The molecule has 0 aromatic heterocycles. The molecule has 5 rings (SSSR count). The first-order chi connectivity index (χ1) is 12.8. The van der Waals surface area contributed by atoms with E-state index in [0.29, 0.717) is 5.92 Å². The summed E-state index contributed by atoms with van der Waals surface area (Å²) in [5.74, 6) is 0.568. The fraction of sp³-hybridized carbons (Fsp3) is 0.231. The van der Waals surface area contributed by atoms with E-state index in [1.54, 1.807) is 11.1 Å². The molecule has 2 aliphatic rings. The Morgan fingerprint density at radius 2 is 1.62 bits per heavy atom. The van der Waals surface area contributed by atoms with Crippen LogP contribution in [-0.4, -0.2) is 0 Å². The zero-order valence-electron chi connectivity index (χ0n) is 15.3. The van der Waals surface area contributed by atoms with Crippen LogP contribution in [0, 0.1) is 0 Å². The van der Waals surface area contributed by atoms with E-state index in [0.717, 1.165) is 25.7 Å². The first-order valence-electron chi connectivity index (χ1n) is 9.72. The Hall–Kier alpha value is -2.60. The molecule has 0 fully saturated rings. The normalized spacial score (nSPS) is 17.7. The zero-order valence-corrected chi connectivity index (χ0v) is 15.3. The maximum atomic E-state index is 2.40. The number of rotatable bonds is 2. The Bertz CT molecular complexity index is 992. The first kappa shape index (κ1) is 15.6. The molecule has 26 heavy (non-hydrogen) atoms. The molecule has 0 heteroatoms. The van der Waals surface area contributed by atoms with Gasteiger partial charge in [-0.15, -0.1) is 0 Å². The molecule has 0 bridgehead atoms. The molecule has 3 aromatic rings. The highest BCUT2D eigenvalue weighted by Gasteiger charge is 2.28. The summed E-state index contributed by atoms with van der Waals surface area (Å²) in [4.78, 5) is 0. The number of fused-ring (bicyclic) bond motifs is 5. The van der Waals surface area contributed by atoms with Crippen molar-refractivity contribution in [1.82, 2.24) is 0 Å². The van der Waals surface area contributed by atoms with Crippen molar-refractivity contribution in [2.75, 3.05) is 0 Å². The zero-order chi connectivity index (χ0) is 17.5. The Kier molecular flexibility index (Phi) is 3.78. The van der Waals surface area contributed by atoms with Crippen molar-refractivity contribution in [2.45, 2.75) is 38.5 Å². The highest BCUT2D eigenvalue weighted by Crippen LogP contribution is 2.44. The predicted molar refractivity (Wildman–Crippen MR) is 110 cm³/mol. The van der Waals surface area contributed by atoms with Crippen LogP contribution in [0.15, 0.2) is 78.4 Å². The Morgan fingerprint density at radius 1 is 0.808 bits per heavy atom. The van der Waals surface area contributed by atoms with Gasteiger partial charge in [0.05, 0.1) is 0 Å². The smallest absolute Gasteiger partial charge is 0.00640 e. The molecular weight excluding hydrogens is 312 g/mol. The van der Waals surface area contributed by atoms with Crippen LogP contribution < -0.4 is 0 Å². The van der Waals surface area contributed by atoms with Gasteiger partial charge in [-0.3, -0.25) is 0 Å². The largest absolute Gasteiger partial charge is 0.0809 e. The van der Waals surface area contributed by atoms with Crippen LogP contribution >= 0.6 is 0 Å². The maximum absolute atomic E-state index is 2.40. The summed E-state index contributed by atoms with van der Waals surface area (Å²) in [5, 5.41) is 0. The summed E-state index contributed by atoms with van der Waals surface area (Å²) in [6, 6.07) is 24.8. The van der Waals surface area contributed by atoms with Gasteiger partial charge in [-0.05, 0) is 77.5 Å². The van der Waals surface area contributed by atoms with Crippen molar-refractivity contribution in [3.63, 3.8) is 0 Å². The van der Waals surface area contributed by atoms with Gasteiger partial charge in [-0.2, -0.15) is 0 Å². The van der Waals surface area contributed by atoms with Crippen molar-refractivity contribution < 1.29 is 0 Å². The third-order valence-electron chi connectivity index (χ3n) is 6.12. The fourth-order valence-corrected chi connectivity index (χ4v) is 4.81. The second kappa shape index (κ2) is 6.29. The molecule has 0 saturated heterocycles. The van der Waals surface area contributed by atoms with Crippen LogP contribution in [-0.2, 0) is 25.7 Å². The molecule has 0 nitrogen and oxygen atoms in total. The van der Waals surface area contributed by atoms with E-state index in [-0.39, 0.29) is 0 Å². The second-order valence-corrected chi connectivity index (χ2v) is 7.84. The fourth-order valence-electron chi connectivity index (χ4n) is 4.81. The second-order valence-electron chi connectivity index (χ2n) is 7.84. The van der Waals surface area contributed by atoms with Crippen molar-refractivity contribution in [2.24, 2.45) is 0 Å². The highest BCUT2D eigenvalue weighted by molar-refractivity contribution is 5.76. The van der Waals surface area contributed by atoms with Gasteiger partial charge < -0.3 is 0 Å². The number of hydrogen-bond acceptors (Lipinski definition) is 0. The molecule has 0 saturated carbocycles. The van der Waals surface area contributed by atoms with Gasteiger partial charge >= 0.3 is 0 Å². The minimum atomic E-state index is 0.568. The summed E-state index contributed by atoms with van der Waals surface area (Å²) in [5.41, 5.74) is 12.1. The Labute approximate surface area is 156 Å². The highest BCUT2D eigenvalue weighted by atomic mass is 14.3. The van der Waals surface area contributed by atoms with E-state index in [2.05, 4.69) is 79.7 Å². The van der Waals surface area contributed by atoms with Crippen LogP contribution in [0.4, 0.5) is 0 Å². The standard InChI is InChI=1S/C26H24/c1-18-11-12-20-13-14-24-23-10-6-5-9-22(23)21(17-26(24)25(20)15-18)16-19-7-3-2-4-8-19/h2-11,13-14,21H,12,15-17H2,1H3. The van der Waals surface area contributed by atoms with Crippen molar-refractivity contribution >= 4 is 0 Å². The van der Waals surface area contributed by atoms with Gasteiger partial charge in [0.15, 0.2) is 0 Å². The molecule has 0 N–H and O–H groups in total. The number of hydrogen-bond donors (Lipinski definition) is 0. The van der Waals surface area contributed by atoms with Crippen LogP contribution in [0.3, 0.4) is 0 Å². The van der Waals surface area contributed by atoms with E-state index in [1.807, 2.05) is 0 Å². The van der Waals surface area contributed by atoms with Crippen molar-refractivity contribution in [3.05, 3.63) is 106 Å². The van der Waals surface area contributed by atoms with Crippen molar-refractivity contribution in [3.8, 4) is 11.1 Å². The number of benzene rings is 3. The molecule has 0 heterocycles. The monoisotopic (exact) mass is 336 g/mol. The molecule has 2 aliphatic carbocycles. The van der Waals surface area contributed by atoms with Gasteiger partial charge in [0.2, 0.25) is 0 Å². The van der Waals surface area contributed by atoms with E-state index in [1.165, 1.54) is 33.4 Å². The molecule has 0 radical (unpaired) electrons. The van der Waals surface area contributed by atoms with Crippen molar-refractivity contribution in [1.29, 1.82) is 0 Å². The lowest BCUT2D eigenvalue weighted by molar-refractivity contribution is 0.667. The summed E-state index contributed by atoms with van der Waals surface area (Å²) in [6.45, 7) is 2.28. The Morgan fingerprint density at radius 3 is 2.50 bits per heavy atom. The van der Waals surface area contributed by atoms with Gasteiger partial charge in [-0.1, -0.05) is 78.4 Å². The van der Waals surface area contributed by atoms with E-state index < -0.39 is 0 Å². The minimum absolute atomic E-state index is 0.568. The molecule has 1 atom stereocenters. The summed E-state index contributed by atoms with van der Waals surface area (Å²) < 4.78 is 0. The SMILES string of the molecule is CC1=CCc2ccc3c(c2C1)CC(Cc1ccccc1)c1ccccc1-3. The van der Waals surface area contributed by atoms with E-state index >= 15 is 0 Å². The van der Waals surface area contributed by atoms with Crippen LogP contribution in [0.2, 0.25) is 0 Å². The topological polar surface area (TPSA) is 0 Å².